The lowest BCUT2D eigenvalue weighted by Crippen LogP contribution is -2.21. The Morgan fingerprint density at radius 1 is 1.06 bits per heavy atom. The molecule has 1 aliphatic rings. The van der Waals surface area contributed by atoms with Gasteiger partial charge in [-0.3, -0.25) is 4.79 Å². The summed E-state index contributed by atoms with van der Waals surface area (Å²) in [5.41, 5.74) is 7.95. The highest BCUT2D eigenvalue weighted by atomic mass is 16.5. The van der Waals surface area contributed by atoms with Gasteiger partial charge in [-0.1, -0.05) is 57.2 Å². The molecular weight excluding hydrogens is 410 g/mol. The molecule has 0 saturated carbocycles. The first-order chi connectivity index (χ1) is 16.0. The van der Waals surface area contributed by atoms with E-state index in [2.05, 4.69) is 45.0 Å². The van der Waals surface area contributed by atoms with Crippen LogP contribution in [-0.2, 0) is 12.8 Å². The Hall–Kier alpha value is -3.47. The molecule has 1 atom stereocenters. The topological polar surface area (TPSA) is 56.5 Å². The Labute approximate surface area is 194 Å². The Bertz CT molecular complexity index is 1320. The molecule has 2 aromatic carbocycles. The second-order valence-corrected chi connectivity index (χ2v) is 9.12. The molecule has 0 amide bonds. The highest BCUT2D eigenvalue weighted by Crippen LogP contribution is 2.35. The molecule has 0 radical (unpaired) electrons. The number of hydrogen-bond donors (Lipinski definition) is 0. The highest BCUT2D eigenvalue weighted by Gasteiger charge is 2.29. The minimum atomic E-state index is 0.142. The number of nitrogens with zero attached hydrogens (tertiary/aromatic N) is 3. The molecule has 1 aliphatic carbocycles. The number of rotatable bonds is 5. The zero-order valence-electron chi connectivity index (χ0n) is 19.6. The molecule has 0 fully saturated rings. The second kappa shape index (κ2) is 8.47. The van der Waals surface area contributed by atoms with E-state index < -0.39 is 0 Å². The van der Waals surface area contributed by atoms with E-state index in [1.807, 2.05) is 30.5 Å². The van der Waals surface area contributed by atoms with Crippen molar-refractivity contribution in [3.8, 4) is 16.9 Å². The fourth-order valence-electron chi connectivity index (χ4n) is 4.77. The summed E-state index contributed by atoms with van der Waals surface area (Å²) >= 11 is 0. The third kappa shape index (κ3) is 3.82. The van der Waals surface area contributed by atoms with Crippen LogP contribution in [0.3, 0.4) is 0 Å². The van der Waals surface area contributed by atoms with Crippen molar-refractivity contribution in [2.45, 2.75) is 51.9 Å². The normalized spacial score (nSPS) is 15.8. The van der Waals surface area contributed by atoms with Crippen molar-refractivity contribution in [2.75, 3.05) is 7.11 Å². The molecule has 0 N–H and O–H groups in total. The van der Waals surface area contributed by atoms with Gasteiger partial charge >= 0.3 is 0 Å². The van der Waals surface area contributed by atoms with Gasteiger partial charge in [-0.2, -0.15) is 5.10 Å². The lowest BCUT2D eigenvalue weighted by molar-refractivity contribution is 0.0962. The third-order valence-electron chi connectivity index (χ3n) is 6.72. The number of ketones is 1. The number of aryl methyl sites for hydroxylation is 1. The van der Waals surface area contributed by atoms with Gasteiger partial charge in [0, 0.05) is 18.2 Å². The van der Waals surface area contributed by atoms with E-state index >= 15 is 0 Å². The average Bonchev–Trinajstić information content (AvgIpc) is 3.20. The highest BCUT2D eigenvalue weighted by molar-refractivity contribution is 5.99. The van der Waals surface area contributed by atoms with Crippen molar-refractivity contribution < 1.29 is 9.53 Å². The number of fused-ring (bicyclic) bond motifs is 2. The molecule has 5 rings (SSSR count). The smallest absolute Gasteiger partial charge is 0.166 e. The predicted molar refractivity (Wildman–Crippen MR) is 130 cm³/mol. The molecule has 0 aliphatic heterocycles. The van der Waals surface area contributed by atoms with E-state index in [9.17, 15) is 4.79 Å². The maximum Gasteiger partial charge on any atom is 0.166 e. The standard InChI is InChI=1S/C28H29N3O2/c1-5-24-27(20-10-12-22(33-4)13-11-20)28-29-25-14-21(15-26(32)23(25)16-31(28)30-24)19-8-6-18(7-9-19)17(2)3/h6-13,16-17,21H,5,14-15H2,1-4H3. The van der Waals surface area contributed by atoms with Crippen molar-refractivity contribution in [3.05, 3.63) is 82.8 Å². The summed E-state index contributed by atoms with van der Waals surface area (Å²) in [5, 5.41) is 4.77. The zero-order chi connectivity index (χ0) is 23.1. The van der Waals surface area contributed by atoms with Crippen LogP contribution in [0, 0.1) is 0 Å². The molecule has 0 saturated heterocycles. The molecule has 2 aromatic heterocycles. The van der Waals surface area contributed by atoms with Crippen LogP contribution in [0.5, 0.6) is 5.75 Å². The van der Waals surface area contributed by atoms with E-state index in [0.29, 0.717) is 17.9 Å². The number of benzene rings is 2. The van der Waals surface area contributed by atoms with Crippen LogP contribution < -0.4 is 4.74 Å². The monoisotopic (exact) mass is 439 g/mol. The van der Waals surface area contributed by atoms with E-state index in [0.717, 1.165) is 46.8 Å². The van der Waals surface area contributed by atoms with Gasteiger partial charge in [-0.25, -0.2) is 9.50 Å². The lowest BCUT2D eigenvalue weighted by atomic mass is 9.81. The molecule has 2 heterocycles. The van der Waals surface area contributed by atoms with Crippen molar-refractivity contribution in [3.63, 3.8) is 0 Å². The van der Waals surface area contributed by atoms with Crippen LogP contribution >= 0.6 is 0 Å². The number of methoxy groups -OCH3 is 1. The van der Waals surface area contributed by atoms with Crippen molar-refractivity contribution in [1.29, 1.82) is 0 Å². The van der Waals surface area contributed by atoms with Crippen LogP contribution in [0.15, 0.2) is 54.7 Å². The number of ether oxygens (including phenoxy) is 1. The molecule has 4 aromatic rings. The minimum Gasteiger partial charge on any atom is -0.497 e. The van der Waals surface area contributed by atoms with Gasteiger partial charge in [0.2, 0.25) is 0 Å². The van der Waals surface area contributed by atoms with Crippen molar-refractivity contribution >= 4 is 11.4 Å². The molecule has 0 bridgehead atoms. The average molecular weight is 440 g/mol. The Kier molecular flexibility index (Phi) is 5.49. The number of Topliss-reactive ketones (excluding diaryl/α,β-unsaturated/α-hetero) is 1. The molecule has 168 valence electrons. The fourth-order valence-corrected chi connectivity index (χ4v) is 4.77. The predicted octanol–water partition coefficient (Wildman–Crippen LogP) is 6.00. The first kappa shape index (κ1) is 21.4. The van der Waals surface area contributed by atoms with E-state index in [4.69, 9.17) is 14.8 Å². The van der Waals surface area contributed by atoms with Gasteiger partial charge in [0.25, 0.3) is 0 Å². The first-order valence-electron chi connectivity index (χ1n) is 11.7. The Morgan fingerprint density at radius 2 is 1.79 bits per heavy atom. The van der Waals surface area contributed by atoms with E-state index in [1.54, 1.807) is 11.6 Å². The molecular formula is C28H29N3O2. The summed E-state index contributed by atoms with van der Waals surface area (Å²) in [4.78, 5) is 18.1. The first-order valence-corrected chi connectivity index (χ1v) is 11.7. The maximum atomic E-state index is 13.1. The van der Waals surface area contributed by atoms with Gasteiger partial charge in [-0.05, 0) is 53.5 Å². The summed E-state index contributed by atoms with van der Waals surface area (Å²) in [6.07, 6.45) is 3.93. The van der Waals surface area contributed by atoms with Crippen LogP contribution in [0.1, 0.15) is 71.9 Å². The lowest BCUT2D eigenvalue weighted by Gasteiger charge is -2.23. The van der Waals surface area contributed by atoms with Crippen molar-refractivity contribution in [2.24, 2.45) is 0 Å². The summed E-state index contributed by atoms with van der Waals surface area (Å²) in [5.74, 6) is 1.60. The SMILES string of the molecule is CCc1nn2cc3c(nc2c1-c1ccc(OC)cc1)CC(c1ccc(C(C)C)cc1)CC3=O. The van der Waals surface area contributed by atoms with Gasteiger partial charge in [0.1, 0.15) is 5.75 Å². The number of carbonyl (C=O) groups excluding carboxylic acids is 1. The van der Waals surface area contributed by atoms with Gasteiger partial charge in [-0.15, -0.1) is 0 Å². The summed E-state index contributed by atoms with van der Waals surface area (Å²) in [6.45, 7) is 6.48. The van der Waals surface area contributed by atoms with Gasteiger partial charge in [0.15, 0.2) is 11.4 Å². The van der Waals surface area contributed by atoms with Gasteiger partial charge < -0.3 is 4.74 Å². The molecule has 0 spiro atoms. The molecule has 5 heteroatoms. The maximum absolute atomic E-state index is 13.1. The number of aromatic nitrogens is 3. The van der Waals surface area contributed by atoms with Crippen LogP contribution in [0.2, 0.25) is 0 Å². The largest absolute Gasteiger partial charge is 0.497 e. The van der Waals surface area contributed by atoms with Gasteiger partial charge in [0.05, 0.1) is 24.1 Å². The molecule has 33 heavy (non-hydrogen) atoms. The Morgan fingerprint density at radius 3 is 2.42 bits per heavy atom. The summed E-state index contributed by atoms with van der Waals surface area (Å²) < 4.78 is 7.10. The third-order valence-corrected chi connectivity index (χ3v) is 6.72. The molecule has 5 nitrogen and oxygen atoms in total. The van der Waals surface area contributed by atoms with Crippen LogP contribution in [0.4, 0.5) is 0 Å². The summed E-state index contributed by atoms with van der Waals surface area (Å²) in [6, 6.07) is 16.7. The number of carbonyl (C=O) groups is 1. The second-order valence-electron chi connectivity index (χ2n) is 9.12. The van der Waals surface area contributed by atoms with E-state index in [-0.39, 0.29) is 11.7 Å². The quantitative estimate of drug-likeness (QED) is 0.382. The minimum absolute atomic E-state index is 0.142. The fraction of sp³-hybridized carbons (Fsp3) is 0.321. The molecule has 1 unspecified atom stereocenters. The van der Waals surface area contributed by atoms with Crippen molar-refractivity contribution in [1.82, 2.24) is 14.6 Å². The number of hydrogen-bond acceptors (Lipinski definition) is 4. The van der Waals surface area contributed by atoms with Crippen LogP contribution in [0.25, 0.3) is 16.8 Å². The zero-order valence-corrected chi connectivity index (χ0v) is 19.6. The van der Waals surface area contributed by atoms with Crippen LogP contribution in [-0.4, -0.2) is 27.5 Å². The summed E-state index contributed by atoms with van der Waals surface area (Å²) in [7, 11) is 1.67. The Balaban J connectivity index is 1.57. The van der Waals surface area contributed by atoms with E-state index in [1.165, 1.54) is 11.1 Å².